The van der Waals surface area contributed by atoms with E-state index in [0.29, 0.717) is 32.1 Å². The third kappa shape index (κ3) is 72.1. The number of carbonyl (C=O) groups excluding carboxylic acids is 4. The molecular weight excluding hydrogens is 1310 g/mol. The van der Waals surface area contributed by atoms with E-state index in [4.69, 9.17) is 37.0 Å². The highest BCUT2D eigenvalue weighted by atomic mass is 31.2. The van der Waals surface area contributed by atoms with E-state index in [1.54, 1.807) is 0 Å². The van der Waals surface area contributed by atoms with Gasteiger partial charge in [0.1, 0.15) is 19.3 Å². The molecule has 0 spiro atoms. The molecule has 0 aromatic carbocycles. The molecule has 0 amide bonds. The number of esters is 4. The van der Waals surface area contributed by atoms with Crippen molar-refractivity contribution < 1.29 is 80.2 Å². The van der Waals surface area contributed by atoms with Gasteiger partial charge in [-0.05, 0) is 141 Å². The van der Waals surface area contributed by atoms with Crippen LogP contribution in [-0.4, -0.2) is 96.7 Å². The average molecular weight is 1450 g/mol. The van der Waals surface area contributed by atoms with Crippen LogP contribution in [0.3, 0.4) is 0 Å². The summed E-state index contributed by atoms with van der Waals surface area (Å²) >= 11 is 0. The minimum Gasteiger partial charge on any atom is -0.462 e. The van der Waals surface area contributed by atoms with Crippen molar-refractivity contribution in [1.29, 1.82) is 0 Å². The highest BCUT2D eigenvalue weighted by molar-refractivity contribution is 7.47. The van der Waals surface area contributed by atoms with Gasteiger partial charge in [-0.2, -0.15) is 0 Å². The number of allylic oxidation sites excluding steroid dienone is 18. The quantitative estimate of drug-likeness (QED) is 0.0128. The number of hydrogen-bond acceptors (Lipinski definition) is 15. The molecule has 3 N–H and O–H groups in total. The fourth-order valence-corrected chi connectivity index (χ4v) is 11.8. The van der Waals surface area contributed by atoms with E-state index in [0.717, 1.165) is 141 Å². The minimum atomic E-state index is -5.00. The van der Waals surface area contributed by atoms with Gasteiger partial charge in [0.25, 0.3) is 0 Å². The number of aliphatic hydroxyl groups excluding tert-OH is 1. The number of phosphoric acid groups is 2. The molecule has 2 unspecified atom stereocenters. The zero-order chi connectivity index (χ0) is 73.2. The van der Waals surface area contributed by atoms with Crippen molar-refractivity contribution in [2.24, 2.45) is 0 Å². The number of carbonyl (C=O) groups is 4. The molecule has 576 valence electrons. The Morgan fingerprint density at radius 2 is 0.530 bits per heavy atom. The normalized spacial score (nSPS) is 14.5. The first-order valence-electron chi connectivity index (χ1n) is 39.2. The molecule has 0 aromatic heterocycles. The van der Waals surface area contributed by atoms with Gasteiger partial charge in [0.2, 0.25) is 0 Å². The SMILES string of the molecule is CCCCC/C=C\C/C=C\C/C=C\C/C=C\CCCC(=O)O[C@H](COC(=O)CCCCCCC/C=C\C=C/CCCCCC)COP(=O)(O)OC[C@H](O)COP(=O)(O)OC[C@@H](COC(=O)CCCCCCC/C=C\CCCCCC)OC(=O)CCCCCCC/C=C\C=C/CCCCCC. The van der Waals surface area contributed by atoms with Gasteiger partial charge in [0.05, 0.1) is 26.4 Å². The lowest BCUT2D eigenvalue weighted by molar-refractivity contribution is -0.161. The van der Waals surface area contributed by atoms with Gasteiger partial charge in [-0.1, -0.05) is 265 Å². The Balaban J connectivity index is 5.44. The van der Waals surface area contributed by atoms with Crippen molar-refractivity contribution in [3.63, 3.8) is 0 Å². The molecule has 0 radical (unpaired) electrons. The van der Waals surface area contributed by atoms with E-state index < -0.39 is 97.5 Å². The van der Waals surface area contributed by atoms with Gasteiger partial charge < -0.3 is 33.8 Å². The summed E-state index contributed by atoms with van der Waals surface area (Å²) < 4.78 is 68.4. The van der Waals surface area contributed by atoms with Crippen LogP contribution in [0.15, 0.2) is 109 Å². The second-order valence-electron chi connectivity index (χ2n) is 26.0. The number of unbranched alkanes of at least 4 members (excludes halogenated alkanes) is 31. The largest absolute Gasteiger partial charge is 0.472 e. The van der Waals surface area contributed by atoms with Crippen LogP contribution in [0.25, 0.3) is 0 Å². The lowest BCUT2D eigenvalue weighted by Crippen LogP contribution is -2.30. The molecule has 0 rings (SSSR count). The van der Waals surface area contributed by atoms with Crippen LogP contribution in [0.1, 0.15) is 323 Å². The van der Waals surface area contributed by atoms with Gasteiger partial charge in [-0.15, -0.1) is 0 Å². The van der Waals surface area contributed by atoms with E-state index in [1.807, 2.05) is 12.2 Å². The van der Waals surface area contributed by atoms with Crippen LogP contribution in [0, 0.1) is 0 Å². The van der Waals surface area contributed by atoms with E-state index >= 15 is 0 Å². The molecule has 100 heavy (non-hydrogen) atoms. The van der Waals surface area contributed by atoms with E-state index in [1.165, 1.54) is 96.3 Å². The Hall–Kier alpha value is -4.28. The highest BCUT2D eigenvalue weighted by Crippen LogP contribution is 2.45. The van der Waals surface area contributed by atoms with Crippen molar-refractivity contribution in [3.8, 4) is 0 Å². The summed E-state index contributed by atoms with van der Waals surface area (Å²) in [7, 11) is -9.98. The van der Waals surface area contributed by atoms with Crippen molar-refractivity contribution in [2.75, 3.05) is 39.6 Å². The molecule has 0 bridgehead atoms. The Labute approximate surface area is 607 Å². The Bertz CT molecular complexity index is 2320. The molecule has 0 aliphatic carbocycles. The smallest absolute Gasteiger partial charge is 0.462 e. The minimum absolute atomic E-state index is 0.0143. The molecule has 0 heterocycles. The topological polar surface area (TPSA) is 237 Å². The number of ether oxygens (including phenoxy) is 4. The highest BCUT2D eigenvalue weighted by Gasteiger charge is 2.30. The first kappa shape index (κ1) is 95.7. The van der Waals surface area contributed by atoms with Gasteiger partial charge in [0, 0.05) is 25.7 Å². The Kier molecular flexibility index (Phi) is 69.9. The first-order chi connectivity index (χ1) is 48.7. The van der Waals surface area contributed by atoms with Crippen molar-refractivity contribution in [3.05, 3.63) is 109 Å². The Morgan fingerprint density at radius 1 is 0.290 bits per heavy atom. The van der Waals surface area contributed by atoms with Crippen molar-refractivity contribution in [2.45, 2.75) is 341 Å². The molecule has 0 aromatic rings. The average Bonchev–Trinajstić information content (AvgIpc) is 1.22. The second kappa shape index (κ2) is 73.0. The van der Waals surface area contributed by atoms with Gasteiger partial charge in [0.15, 0.2) is 12.2 Å². The maximum absolute atomic E-state index is 13.1. The van der Waals surface area contributed by atoms with Crippen molar-refractivity contribution in [1.82, 2.24) is 0 Å². The molecule has 0 fully saturated rings. The van der Waals surface area contributed by atoms with E-state index in [-0.39, 0.29) is 25.7 Å². The summed E-state index contributed by atoms with van der Waals surface area (Å²) in [5, 5.41) is 10.6. The lowest BCUT2D eigenvalue weighted by Gasteiger charge is -2.21. The summed E-state index contributed by atoms with van der Waals surface area (Å²) in [4.78, 5) is 72.9. The van der Waals surface area contributed by atoms with E-state index in [2.05, 4.69) is 125 Å². The van der Waals surface area contributed by atoms with Gasteiger partial charge in [-0.25, -0.2) is 9.13 Å². The molecule has 19 heteroatoms. The maximum Gasteiger partial charge on any atom is 0.472 e. The molecule has 0 saturated heterocycles. The summed E-state index contributed by atoms with van der Waals surface area (Å²) in [6.07, 6.45) is 77.9. The van der Waals surface area contributed by atoms with Crippen LogP contribution in [0.5, 0.6) is 0 Å². The molecule has 17 nitrogen and oxygen atoms in total. The number of phosphoric ester groups is 2. The van der Waals surface area contributed by atoms with Crippen LogP contribution in [0.2, 0.25) is 0 Å². The van der Waals surface area contributed by atoms with Gasteiger partial charge in [-0.3, -0.25) is 37.3 Å². The van der Waals surface area contributed by atoms with Gasteiger partial charge >= 0.3 is 39.5 Å². The summed E-state index contributed by atoms with van der Waals surface area (Å²) in [5.74, 6) is -2.28. The molecule has 0 aliphatic heterocycles. The van der Waals surface area contributed by atoms with Crippen LogP contribution < -0.4 is 0 Å². The summed E-state index contributed by atoms with van der Waals surface area (Å²) in [6, 6.07) is 0. The molecule has 5 atom stereocenters. The number of aliphatic hydroxyl groups is 1. The molecule has 0 saturated carbocycles. The zero-order valence-electron chi connectivity index (χ0n) is 62.8. The monoisotopic (exact) mass is 1450 g/mol. The third-order valence-electron chi connectivity index (χ3n) is 16.2. The van der Waals surface area contributed by atoms with Crippen LogP contribution >= 0.6 is 15.6 Å². The third-order valence-corrected chi connectivity index (χ3v) is 18.1. The summed E-state index contributed by atoms with van der Waals surface area (Å²) in [5.41, 5.74) is 0. The zero-order valence-corrected chi connectivity index (χ0v) is 64.6. The van der Waals surface area contributed by atoms with Crippen LogP contribution in [0.4, 0.5) is 0 Å². The molecular formula is C81H140O17P2. The maximum atomic E-state index is 13.1. The number of rotatable bonds is 73. The predicted molar refractivity (Wildman–Crippen MR) is 408 cm³/mol. The fraction of sp³-hybridized carbons (Fsp3) is 0.728. The fourth-order valence-electron chi connectivity index (χ4n) is 10.2. The van der Waals surface area contributed by atoms with E-state index in [9.17, 15) is 43.2 Å². The van der Waals surface area contributed by atoms with Crippen molar-refractivity contribution >= 4 is 39.5 Å². The Morgan fingerprint density at radius 3 is 0.880 bits per heavy atom. The second-order valence-corrected chi connectivity index (χ2v) is 28.9. The standard InChI is InChI=1S/C81H140O17P2/c1-5-9-13-17-21-25-29-33-36-37-40-44-48-52-56-60-64-68-81(86)98-77(72-92-79(84)66-62-58-54-50-46-42-38-34-30-26-22-18-14-10-6-2)74-96-100(89,90)94-70-75(82)69-93-99(87,88)95-73-76(71-91-78(83)65-61-57-53-49-45-41-32-28-24-20-16-12-8-4)97-80(85)67-63-59-55-51-47-43-39-35-31-27-23-19-15-11-7-3/h21,25-28,30-36,38-40,44,52,56,75-77,82H,5-20,22-24,29,37,41-43,45-51,53-55,57-74H2,1-4H3,(H,87,88)(H,89,90)/b25-21-,30-26-,31-27-,32-28-,36-33-,38-34-,39-35-,44-40-,56-52-/t75-,76-,77-/m1/s1. The van der Waals surface area contributed by atoms with Crippen LogP contribution in [-0.2, 0) is 65.4 Å². The molecule has 0 aliphatic rings. The summed E-state index contributed by atoms with van der Waals surface area (Å²) in [6.45, 7) is 4.70. The number of hydrogen-bond donors (Lipinski definition) is 3. The lowest BCUT2D eigenvalue weighted by atomic mass is 10.1. The first-order valence-corrected chi connectivity index (χ1v) is 42.2. The predicted octanol–water partition coefficient (Wildman–Crippen LogP) is 22.6.